The van der Waals surface area contributed by atoms with Gasteiger partial charge in [0.2, 0.25) is 0 Å². The molecule has 3 aromatic heterocycles. The number of hydrogen-bond donors (Lipinski definition) is 1. The normalized spacial score (nSPS) is 10.7. The average molecular weight is 285 g/mol. The maximum atomic E-state index is 11.6. The van der Waals surface area contributed by atoms with Gasteiger partial charge in [0.05, 0.1) is 6.20 Å². The van der Waals surface area contributed by atoms with Crippen molar-refractivity contribution in [1.29, 1.82) is 5.26 Å². The first-order valence-electron chi connectivity index (χ1n) is 5.87. The summed E-state index contributed by atoms with van der Waals surface area (Å²) < 4.78 is 1.74. The summed E-state index contributed by atoms with van der Waals surface area (Å²) in [6, 6.07) is 7.18. The predicted octanol–water partition coefficient (Wildman–Crippen LogP) is 2.52. The minimum Gasteiger partial charge on any atom is -0.325 e. The van der Waals surface area contributed by atoms with Crippen LogP contribution in [0.3, 0.4) is 0 Å². The van der Waals surface area contributed by atoms with Crippen LogP contribution in [0.4, 0.5) is 0 Å². The molecule has 5 nitrogen and oxygen atoms in total. The molecule has 0 saturated carbocycles. The minimum absolute atomic E-state index is 0.0856. The summed E-state index contributed by atoms with van der Waals surface area (Å²) in [4.78, 5) is 18.4. The number of aromatic amines is 1. The van der Waals surface area contributed by atoms with Crippen molar-refractivity contribution in [2.45, 2.75) is 6.92 Å². The number of aromatic nitrogens is 3. The van der Waals surface area contributed by atoms with Crippen molar-refractivity contribution in [3.63, 3.8) is 0 Å². The van der Waals surface area contributed by atoms with E-state index in [1.54, 1.807) is 23.6 Å². The van der Waals surface area contributed by atoms with Crippen molar-refractivity contribution in [3.05, 3.63) is 57.4 Å². The highest BCUT2D eigenvalue weighted by molar-refractivity contribution is 6.29. The molecule has 0 aliphatic heterocycles. The first kappa shape index (κ1) is 12.5. The molecule has 98 valence electrons. The second-order valence-corrected chi connectivity index (χ2v) is 4.78. The Morgan fingerprint density at radius 1 is 1.45 bits per heavy atom. The van der Waals surface area contributed by atoms with Crippen molar-refractivity contribution < 1.29 is 0 Å². The lowest BCUT2D eigenvalue weighted by Crippen LogP contribution is -2.12. The molecular formula is C14H9ClN4O. The number of fused-ring (bicyclic) bond motifs is 1. The fourth-order valence-electron chi connectivity index (χ4n) is 2.12. The van der Waals surface area contributed by atoms with Crippen LogP contribution in [0.25, 0.3) is 16.8 Å². The van der Waals surface area contributed by atoms with E-state index in [2.05, 4.69) is 9.97 Å². The van der Waals surface area contributed by atoms with E-state index in [-0.39, 0.29) is 11.1 Å². The van der Waals surface area contributed by atoms with E-state index in [0.717, 1.165) is 16.8 Å². The third kappa shape index (κ3) is 1.87. The van der Waals surface area contributed by atoms with Crippen LogP contribution in [-0.4, -0.2) is 14.4 Å². The third-order valence-electron chi connectivity index (χ3n) is 3.13. The molecule has 3 rings (SSSR count). The molecule has 0 unspecified atom stereocenters. The molecule has 0 aliphatic rings. The van der Waals surface area contributed by atoms with Crippen LogP contribution in [0.1, 0.15) is 11.3 Å². The zero-order valence-electron chi connectivity index (χ0n) is 10.5. The minimum atomic E-state index is -0.379. The molecule has 0 atom stereocenters. The van der Waals surface area contributed by atoms with E-state index in [9.17, 15) is 4.79 Å². The topological polar surface area (TPSA) is 73.9 Å². The standard InChI is InChI=1S/C14H9ClN4O/c1-8-11(4-10(5-16)14(20)18-8)9-2-3-13-17-6-12(15)19(13)7-9/h2-4,6-7H,1H3,(H,18,20). The smallest absolute Gasteiger partial charge is 0.266 e. The van der Waals surface area contributed by atoms with Gasteiger partial charge in [-0.05, 0) is 25.1 Å². The lowest BCUT2D eigenvalue weighted by Gasteiger charge is -2.07. The second kappa shape index (κ2) is 4.51. The van der Waals surface area contributed by atoms with Gasteiger partial charge in [-0.15, -0.1) is 0 Å². The molecule has 0 aromatic carbocycles. The first-order chi connectivity index (χ1) is 9.60. The Balaban J connectivity index is 2.27. The second-order valence-electron chi connectivity index (χ2n) is 4.39. The van der Waals surface area contributed by atoms with Crippen molar-refractivity contribution in [1.82, 2.24) is 14.4 Å². The number of H-pyrrole nitrogens is 1. The van der Waals surface area contributed by atoms with Gasteiger partial charge < -0.3 is 4.98 Å². The Morgan fingerprint density at radius 2 is 2.25 bits per heavy atom. The summed E-state index contributed by atoms with van der Waals surface area (Å²) >= 11 is 6.05. The summed E-state index contributed by atoms with van der Waals surface area (Å²) in [5.41, 5.74) is 2.78. The summed E-state index contributed by atoms with van der Waals surface area (Å²) in [7, 11) is 0. The summed E-state index contributed by atoms with van der Waals surface area (Å²) in [5, 5.41) is 9.46. The number of aryl methyl sites for hydroxylation is 1. The van der Waals surface area contributed by atoms with E-state index in [1.807, 2.05) is 24.4 Å². The fourth-order valence-corrected chi connectivity index (χ4v) is 2.30. The van der Waals surface area contributed by atoms with E-state index in [1.165, 1.54) is 0 Å². The van der Waals surface area contributed by atoms with Gasteiger partial charge in [0, 0.05) is 23.0 Å². The van der Waals surface area contributed by atoms with Crippen molar-refractivity contribution in [2.75, 3.05) is 0 Å². The van der Waals surface area contributed by atoms with E-state index in [4.69, 9.17) is 16.9 Å². The van der Waals surface area contributed by atoms with Crippen LogP contribution in [0.15, 0.2) is 35.4 Å². The van der Waals surface area contributed by atoms with Gasteiger partial charge in [-0.25, -0.2) is 4.98 Å². The zero-order chi connectivity index (χ0) is 14.3. The van der Waals surface area contributed by atoms with Crippen molar-refractivity contribution in [2.24, 2.45) is 0 Å². The Hall–Kier alpha value is -2.58. The Morgan fingerprint density at radius 3 is 3.00 bits per heavy atom. The number of halogens is 1. The van der Waals surface area contributed by atoms with Crippen LogP contribution in [0, 0.1) is 18.3 Å². The maximum Gasteiger partial charge on any atom is 0.266 e. The molecule has 3 aromatic rings. The molecule has 0 radical (unpaired) electrons. The van der Waals surface area contributed by atoms with E-state index < -0.39 is 0 Å². The van der Waals surface area contributed by atoms with Gasteiger partial charge >= 0.3 is 0 Å². The van der Waals surface area contributed by atoms with Crippen molar-refractivity contribution in [3.8, 4) is 17.2 Å². The maximum absolute atomic E-state index is 11.6. The molecule has 0 spiro atoms. The molecule has 0 bridgehead atoms. The number of nitrogens with zero attached hydrogens (tertiary/aromatic N) is 3. The highest BCUT2D eigenvalue weighted by atomic mass is 35.5. The quantitative estimate of drug-likeness (QED) is 0.746. The third-order valence-corrected chi connectivity index (χ3v) is 3.41. The monoisotopic (exact) mass is 284 g/mol. The Labute approximate surface area is 119 Å². The predicted molar refractivity (Wildman–Crippen MR) is 75.7 cm³/mol. The molecule has 0 aliphatic carbocycles. The first-order valence-corrected chi connectivity index (χ1v) is 6.25. The van der Waals surface area contributed by atoms with Crippen LogP contribution in [-0.2, 0) is 0 Å². The van der Waals surface area contributed by atoms with E-state index >= 15 is 0 Å². The molecule has 0 amide bonds. The molecule has 0 saturated heterocycles. The number of nitrogens with one attached hydrogen (secondary N) is 1. The molecule has 6 heteroatoms. The largest absolute Gasteiger partial charge is 0.325 e. The van der Waals surface area contributed by atoms with Gasteiger partial charge in [0.15, 0.2) is 0 Å². The Kier molecular flexibility index (Phi) is 2.81. The number of nitriles is 1. The SMILES string of the molecule is Cc1[nH]c(=O)c(C#N)cc1-c1ccc2ncc(Cl)n2c1. The number of hydrogen-bond acceptors (Lipinski definition) is 3. The number of rotatable bonds is 1. The van der Waals surface area contributed by atoms with Gasteiger partial charge in [-0.1, -0.05) is 11.6 Å². The highest BCUT2D eigenvalue weighted by Gasteiger charge is 2.09. The summed E-state index contributed by atoms with van der Waals surface area (Å²) in [5.74, 6) is 0. The molecule has 1 N–H and O–H groups in total. The van der Waals surface area contributed by atoms with Gasteiger partial charge in [0.25, 0.3) is 5.56 Å². The fraction of sp³-hybridized carbons (Fsp3) is 0.0714. The lowest BCUT2D eigenvalue weighted by molar-refractivity contribution is 1.12. The highest BCUT2D eigenvalue weighted by Crippen LogP contribution is 2.24. The van der Waals surface area contributed by atoms with Crippen LogP contribution < -0.4 is 5.56 Å². The summed E-state index contributed by atoms with van der Waals surface area (Å²) in [6.45, 7) is 1.79. The summed E-state index contributed by atoms with van der Waals surface area (Å²) in [6.07, 6.45) is 3.40. The van der Waals surface area contributed by atoms with Crippen LogP contribution in [0.5, 0.6) is 0 Å². The van der Waals surface area contributed by atoms with Gasteiger partial charge in [-0.2, -0.15) is 5.26 Å². The van der Waals surface area contributed by atoms with Crippen LogP contribution >= 0.6 is 11.6 Å². The Bertz CT molecular complexity index is 917. The van der Waals surface area contributed by atoms with Gasteiger partial charge in [-0.3, -0.25) is 9.20 Å². The van der Waals surface area contributed by atoms with Crippen molar-refractivity contribution >= 4 is 17.2 Å². The van der Waals surface area contributed by atoms with Crippen LogP contribution in [0.2, 0.25) is 5.15 Å². The lowest BCUT2D eigenvalue weighted by atomic mass is 10.0. The molecule has 0 fully saturated rings. The molecule has 3 heterocycles. The van der Waals surface area contributed by atoms with E-state index in [0.29, 0.717) is 10.8 Å². The average Bonchev–Trinajstić information content (AvgIpc) is 2.80. The number of pyridine rings is 2. The number of imidazole rings is 1. The van der Waals surface area contributed by atoms with Gasteiger partial charge in [0.1, 0.15) is 22.4 Å². The molecule has 20 heavy (non-hydrogen) atoms. The zero-order valence-corrected chi connectivity index (χ0v) is 11.3. The molecular weight excluding hydrogens is 276 g/mol.